The Bertz CT molecular complexity index is 356. The molecule has 0 amide bonds. The monoisotopic (exact) mass is 211 g/mol. The second kappa shape index (κ2) is 5.14. The summed E-state index contributed by atoms with van der Waals surface area (Å²) in [5.74, 6) is -0.503. The summed E-state index contributed by atoms with van der Waals surface area (Å²) < 4.78 is 14.8. The summed E-state index contributed by atoms with van der Waals surface area (Å²) in [6, 6.07) is 6.59. The molecule has 0 aliphatic rings. The highest BCUT2D eigenvalue weighted by Gasteiger charge is 1.97. The van der Waals surface area contributed by atoms with Crippen LogP contribution < -0.4 is 4.52 Å². The fourth-order valence-corrected chi connectivity index (χ4v) is 1.09. The van der Waals surface area contributed by atoms with Crippen molar-refractivity contribution in [2.24, 2.45) is 0 Å². The lowest BCUT2D eigenvalue weighted by molar-refractivity contribution is -0.131. The number of rotatable bonds is 4. The van der Waals surface area contributed by atoms with Gasteiger partial charge in [0, 0.05) is 6.08 Å². The molecule has 5 heteroatoms. The van der Waals surface area contributed by atoms with Gasteiger partial charge in [0.05, 0.1) is 0 Å². The predicted molar refractivity (Wildman–Crippen MR) is 52.7 cm³/mol. The van der Waals surface area contributed by atoms with Crippen LogP contribution >= 0.6 is 8.69 Å². The first-order valence-electron chi connectivity index (χ1n) is 3.77. The lowest BCUT2D eigenvalue weighted by Crippen LogP contribution is -1.85. The van der Waals surface area contributed by atoms with Crippen LogP contribution in [0.3, 0.4) is 0 Å². The van der Waals surface area contributed by atoms with E-state index in [1.807, 2.05) is 0 Å². The average Bonchev–Trinajstić information content (AvgIpc) is 2.17. The number of carbonyl (C=O) groups is 1. The molecule has 0 spiro atoms. The van der Waals surface area contributed by atoms with E-state index in [-0.39, 0.29) is 0 Å². The summed E-state index contributed by atoms with van der Waals surface area (Å²) in [7, 11) is -0.833. The molecule has 0 aliphatic carbocycles. The van der Waals surface area contributed by atoms with Gasteiger partial charge in [-0.1, -0.05) is 12.1 Å². The van der Waals surface area contributed by atoms with E-state index < -0.39 is 14.7 Å². The maximum Gasteiger partial charge on any atom is 0.542 e. The summed E-state index contributed by atoms with van der Waals surface area (Å²) >= 11 is 0. The molecular formula is C9H8O4P+. The summed E-state index contributed by atoms with van der Waals surface area (Å²) in [5.41, 5.74) is 0.744. The Balaban J connectivity index is 2.73. The van der Waals surface area contributed by atoms with Gasteiger partial charge in [0.15, 0.2) is 5.75 Å². The molecule has 4 nitrogen and oxygen atoms in total. The molecule has 0 fully saturated rings. The van der Waals surface area contributed by atoms with Crippen LogP contribution in [0, 0.1) is 0 Å². The Morgan fingerprint density at radius 1 is 1.36 bits per heavy atom. The van der Waals surface area contributed by atoms with Crippen LogP contribution in [0.2, 0.25) is 0 Å². The van der Waals surface area contributed by atoms with Gasteiger partial charge in [-0.05, 0) is 28.3 Å². The van der Waals surface area contributed by atoms with Gasteiger partial charge < -0.3 is 5.11 Å². The van der Waals surface area contributed by atoms with Crippen molar-refractivity contribution < 1.29 is 19.0 Å². The van der Waals surface area contributed by atoms with Crippen molar-refractivity contribution in [1.29, 1.82) is 0 Å². The quantitative estimate of drug-likeness (QED) is 0.611. The molecule has 1 atom stereocenters. The summed E-state index contributed by atoms with van der Waals surface area (Å²) in [5, 5.41) is 8.36. The number of hydrogen-bond donors (Lipinski definition) is 1. The molecule has 0 saturated carbocycles. The highest BCUT2D eigenvalue weighted by Crippen LogP contribution is 2.16. The van der Waals surface area contributed by atoms with Crippen molar-refractivity contribution in [3.8, 4) is 5.75 Å². The molecule has 1 aromatic carbocycles. The van der Waals surface area contributed by atoms with Crippen molar-refractivity contribution in [1.82, 2.24) is 0 Å². The van der Waals surface area contributed by atoms with Gasteiger partial charge in [0.2, 0.25) is 0 Å². The van der Waals surface area contributed by atoms with E-state index in [2.05, 4.69) is 0 Å². The van der Waals surface area contributed by atoms with Crippen LogP contribution in [0.1, 0.15) is 5.56 Å². The summed E-state index contributed by atoms with van der Waals surface area (Å²) in [4.78, 5) is 10.2. The third-order valence-corrected chi connectivity index (χ3v) is 1.78. The largest absolute Gasteiger partial charge is 0.542 e. The molecule has 0 radical (unpaired) electrons. The molecule has 0 aliphatic heterocycles. The molecule has 1 unspecified atom stereocenters. The van der Waals surface area contributed by atoms with Gasteiger partial charge in [-0.3, -0.25) is 4.52 Å². The molecule has 1 rings (SSSR count). The smallest absolute Gasteiger partial charge is 0.478 e. The third kappa shape index (κ3) is 3.37. The number of benzene rings is 1. The van der Waals surface area contributed by atoms with E-state index in [0.717, 1.165) is 11.6 Å². The molecule has 0 aromatic heterocycles. The predicted octanol–water partition coefficient (Wildman–Crippen LogP) is 2.10. The van der Waals surface area contributed by atoms with E-state index in [0.29, 0.717) is 5.75 Å². The van der Waals surface area contributed by atoms with Crippen LogP contribution in [0.4, 0.5) is 0 Å². The van der Waals surface area contributed by atoms with Crippen molar-refractivity contribution in [2.45, 2.75) is 0 Å². The number of carboxylic acid groups (broad SMARTS) is 1. The van der Waals surface area contributed by atoms with E-state index in [9.17, 15) is 9.36 Å². The molecular weight excluding hydrogens is 203 g/mol. The minimum Gasteiger partial charge on any atom is -0.478 e. The number of aliphatic carboxylic acids is 1. The third-order valence-electron chi connectivity index (χ3n) is 1.46. The lowest BCUT2D eigenvalue weighted by Gasteiger charge is -1.92. The standard InChI is InChI=1S/C9H7O4P/c10-9(11)6-3-7-1-4-8(5-2-7)13-14-12/h1-6,14H/p+1. The molecule has 1 N–H and O–H groups in total. The zero-order valence-corrected chi connectivity index (χ0v) is 8.14. The lowest BCUT2D eigenvalue weighted by atomic mass is 10.2. The van der Waals surface area contributed by atoms with E-state index in [4.69, 9.17) is 9.63 Å². The maximum absolute atomic E-state index is 10.2. The van der Waals surface area contributed by atoms with E-state index >= 15 is 0 Å². The first-order valence-corrected chi connectivity index (χ1v) is 4.59. The number of hydrogen-bond acceptors (Lipinski definition) is 3. The SMILES string of the molecule is O=[PH+]Oc1ccc(C=CC(=O)O)cc1. The van der Waals surface area contributed by atoms with Crippen LogP contribution in [-0.2, 0) is 9.36 Å². The van der Waals surface area contributed by atoms with Crippen molar-refractivity contribution in [2.75, 3.05) is 0 Å². The number of carboxylic acids is 1. The van der Waals surface area contributed by atoms with E-state index in [1.165, 1.54) is 6.08 Å². The van der Waals surface area contributed by atoms with Gasteiger partial charge in [0.25, 0.3) is 0 Å². The topological polar surface area (TPSA) is 63.6 Å². The first kappa shape index (κ1) is 10.4. The zero-order valence-electron chi connectivity index (χ0n) is 7.14. The molecule has 1 aromatic rings. The minimum absolute atomic E-state index is 0.491. The molecule has 14 heavy (non-hydrogen) atoms. The Hall–Kier alpha value is -1.67. The molecule has 0 heterocycles. The molecule has 0 saturated heterocycles. The van der Waals surface area contributed by atoms with Gasteiger partial charge >= 0.3 is 14.7 Å². The van der Waals surface area contributed by atoms with Crippen molar-refractivity contribution in [3.63, 3.8) is 0 Å². The Kier molecular flexibility index (Phi) is 3.83. The Morgan fingerprint density at radius 2 is 2.00 bits per heavy atom. The van der Waals surface area contributed by atoms with Crippen LogP contribution in [0.15, 0.2) is 30.3 Å². The highest BCUT2D eigenvalue weighted by molar-refractivity contribution is 7.17. The van der Waals surface area contributed by atoms with Gasteiger partial charge in [-0.15, -0.1) is 0 Å². The second-order valence-electron chi connectivity index (χ2n) is 2.43. The van der Waals surface area contributed by atoms with Gasteiger partial charge in [0.1, 0.15) is 0 Å². The van der Waals surface area contributed by atoms with Crippen LogP contribution in [0.5, 0.6) is 5.75 Å². The fraction of sp³-hybridized carbons (Fsp3) is 0. The van der Waals surface area contributed by atoms with Crippen LogP contribution in [-0.4, -0.2) is 11.1 Å². The average molecular weight is 211 g/mol. The summed E-state index contributed by atoms with van der Waals surface area (Å²) in [6.07, 6.45) is 2.51. The van der Waals surface area contributed by atoms with Gasteiger partial charge in [-0.2, -0.15) is 0 Å². The van der Waals surface area contributed by atoms with Crippen molar-refractivity contribution in [3.05, 3.63) is 35.9 Å². The highest BCUT2D eigenvalue weighted by atomic mass is 31.1. The summed E-state index contributed by atoms with van der Waals surface area (Å²) in [6.45, 7) is 0. The second-order valence-corrected chi connectivity index (χ2v) is 2.80. The maximum atomic E-state index is 10.2. The first-order chi connectivity index (χ1) is 6.72. The Labute approximate surface area is 82.1 Å². The molecule has 0 bridgehead atoms. The molecule has 72 valence electrons. The van der Waals surface area contributed by atoms with Crippen LogP contribution in [0.25, 0.3) is 6.08 Å². The van der Waals surface area contributed by atoms with Crippen molar-refractivity contribution >= 4 is 20.7 Å². The Morgan fingerprint density at radius 3 is 2.50 bits per heavy atom. The normalized spacial score (nSPS) is 10.6. The minimum atomic E-state index is -0.994. The fourth-order valence-electron chi connectivity index (χ4n) is 0.863. The van der Waals surface area contributed by atoms with E-state index in [1.54, 1.807) is 24.3 Å². The zero-order chi connectivity index (χ0) is 10.4. The van der Waals surface area contributed by atoms with Gasteiger partial charge in [-0.25, -0.2) is 4.79 Å².